The van der Waals surface area contributed by atoms with Crippen LogP contribution >= 0.6 is 11.6 Å². The monoisotopic (exact) mass is 433 g/mol. The van der Waals surface area contributed by atoms with Crippen LogP contribution in [-0.4, -0.2) is 29.5 Å². The van der Waals surface area contributed by atoms with Crippen LogP contribution in [0, 0.1) is 0 Å². The molecule has 0 radical (unpaired) electrons. The molecule has 0 saturated heterocycles. The highest BCUT2D eigenvalue weighted by molar-refractivity contribution is 6.30. The minimum Gasteiger partial charge on any atom is -0.353 e. The van der Waals surface area contributed by atoms with E-state index >= 15 is 0 Å². The molecule has 4 aromatic rings. The molecule has 156 valence electrons. The van der Waals surface area contributed by atoms with E-state index < -0.39 is 0 Å². The number of carbonyl (C=O) groups excluding carboxylic acids is 2. The highest BCUT2D eigenvalue weighted by Crippen LogP contribution is 2.18. The van der Waals surface area contributed by atoms with Crippen LogP contribution in [0.25, 0.3) is 21.8 Å². The number of nitrogens with zero attached hydrogens (tertiary/aromatic N) is 1. The molecule has 0 spiro atoms. The number of hydrogen-bond donors (Lipinski definition) is 2. The van der Waals surface area contributed by atoms with Crippen molar-refractivity contribution in [2.24, 2.45) is 0 Å². The van der Waals surface area contributed by atoms with Gasteiger partial charge in [-0.3, -0.25) is 14.4 Å². The molecule has 0 fully saturated rings. The van der Waals surface area contributed by atoms with Gasteiger partial charge in [-0.1, -0.05) is 35.9 Å². The third kappa shape index (κ3) is 4.44. The van der Waals surface area contributed by atoms with Crippen LogP contribution in [-0.2, 0) is 11.3 Å². The zero-order valence-corrected chi connectivity index (χ0v) is 17.4. The van der Waals surface area contributed by atoms with Crippen molar-refractivity contribution >= 4 is 45.2 Å². The molecule has 0 aliphatic rings. The van der Waals surface area contributed by atoms with Gasteiger partial charge in [-0.15, -0.1) is 0 Å². The van der Waals surface area contributed by atoms with Gasteiger partial charge in [0.2, 0.25) is 5.91 Å². The van der Waals surface area contributed by atoms with Crippen LogP contribution < -0.4 is 16.1 Å². The van der Waals surface area contributed by atoms with Gasteiger partial charge in [0, 0.05) is 34.4 Å². The molecule has 0 aliphatic heterocycles. The first-order valence-corrected chi connectivity index (χ1v) is 10.2. The topological polar surface area (TPSA) is 80.2 Å². The van der Waals surface area contributed by atoms with Crippen molar-refractivity contribution in [1.82, 2.24) is 15.2 Å². The Labute approximate surface area is 183 Å². The average molecular weight is 434 g/mol. The fourth-order valence-electron chi connectivity index (χ4n) is 3.53. The molecule has 1 heterocycles. The summed E-state index contributed by atoms with van der Waals surface area (Å²) in [4.78, 5) is 37.5. The summed E-state index contributed by atoms with van der Waals surface area (Å²) in [6.45, 7) is 0.638. The number of benzene rings is 3. The molecule has 7 heteroatoms. The number of para-hydroxylation sites is 2. The molecule has 2 N–H and O–H groups in total. The molecule has 0 saturated carbocycles. The minimum atomic E-state index is -0.233. The van der Waals surface area contributed by atoms with Crippen molar-refractivity contribution in [3.05, 3.63) is 93.6 Å². The number of hydrogen-bond acceptors (Lipinski definition) is 3. The zero-order valence-electron chi connectivity index (χ0n) is 16.6. The first kappa shape index (κ1) is 20.6. The summed E-state index contributed by atoms with van der Waals surface area (Å²) in [5.74, 6) is -0.442. The van der Waals surface area contributed by atoms with Crippen molar-refractivity contribution in [2.45, 2.75) is 6.54 Å². The van der Waals surface area contributed by atoms with Crippen LogP contribution in [0.3, 0.4) is 0 Å². The van der Waals surface area contributed by atoms with E-state index in [0.29, 0.717) is 38.9 Å². The lowest BCUT2D eigenvalue weighted by Crippen LogP contribution is -2.36. The molecular weight excluding hydrogens is 414 g/mol. The van der Waals surface area contributed by atoms with Gasteiger partial charge >= 0.3 is 0 Å². The van der Waals surface area contributed by atoms with Crippen molar-refractivity contribution in [3.8, 4) is 0 Å². The summed E-state index contributed by atoms with van der Waals surface area (Å²) in [6, 6.07) is 21.1. The maximum absolute atomic E-state index is 12.8. The molecule has 4 rings (SSSR count). The standard InChI is InChI=1S/C24H20ClN3O3/c25-17-11-9-16(10-12-17)24(31)27-14-13-26-22(29)15-28-20-7-3-1-5-18(20)23(30)19-6-2-4-8-21(19)28/h1-12H,13-15H2,(H,26,29)(H,27,31). The summed E-state index contributed by atoms with van der Waals surface area (Å²) >= 11 is 5.83. The van der Waals surface area contributed by atoms with Crippen molar-refractivity contribution in [3.63, 3.8) is 0 Å². The van der Waals surface area contributed by atoms with Crippen molar-refractivity contribution in [2.75, 3.05) is 13.1 Å². The number of fused-ring (bicyclic) bond motifs is 2. The quantitative estimate of drug-likeness (QED) is 0.361. The van der Waals surface area contributed by atoms with Crippen LogP contribution in [0.1, 0.15) is 10.4 Å². The smallest absolute Gasteiger partial charge is 0.251 e. The SMILES string of the molecule is O=C(Cn1c2ccccc2c(=O)c2ccccc21)NCCNC(=O)c1ccc(Cl)cc1. The lowest BCUT2D eigenvalue weighted by Gasteiger charge is -2.15. The van der Waals surface area contributed by atoms with E-state index in [9.17, 15) is 14.4 Å². The van der Waals surface area contributed by atoms with Gasteiger partial charge in [-0.2, -0.15) is 0 Å². The van der Waals surface area contributed by atoms with Crippen molar-refractivity contribution < 1.29 is 9.59 Å². The Bertz CT molecular complexity index is 1270. The molecule has 3 aromatic carbocycles. The maximum Gasteiger partial charge on any atom is 0.251 e. The lowest BCUT2D eigenvalue weighted by atomic mass is 10.1. The normalized spacial score (nSPS) is 10.9. The van der Waals surface area contributed by atoms with Gasteiger partial charge in [0.05, 0.1) is 11.0 Å². The summed E-state index contributed by atoms with van der Waals surface area (Å²) in [5, 5.41) is 7.29. The molecular formula is C24H20ClN3O3. The summed E-state index contributed by atoms with van der Waals surface area (Å²) in [7, 11) is 0. The molecule has 31 heavy (non-hydrogen) atoms. The van der Waals surface area contributed by atoms with Crippen LogP contribution in [0.2, 0.25) is 5.02 Å². The molecule has 1 aromatic heterocycles. The van der Waals surface area contributed by atoms with E-state index in [-0.39, 0.29) is 30.3 Å². The Kier molecular flexibility index (Phi) is 6.00. The van der Waals surface area contributed by atoms with Gasteiger partial charge in [0.1, 0.15) is 6.54 Å². The van der Waals surface area contributed by atoms with E-state index in [1.807, 2.05) is 41.0 Å². The van der Waals surface area contributed by atoms with Gasteiger partial charge in [-0.25, -0.2) is 0 Å². The maximum atomic E-state index is 12.8. The van der Waals surface area contributed by atoms with E-state index in [4.69, 9.17) is 11.6 Å². The summed E-state index contributed by atoms with van der Waals surface area (Å²) < 4.78 is 1.84. The van der Waals surface area contributed by atoms with E-state index in [2.05, 4.69) is 10.6 Å². The molecule has 0 atom stereocenters. The van der Waals surface area contributed by atoms with E-state index in [0.717, 1.165) is 0 Å². The van der Waals surface area contributed by atoms with Crippen LogP contribution in [0.15, 0.2) is 77.6 Å². The molecule has 0 unspecified atom stereocenters. The number of rotatable bonds is 6. The number of nitrogens with one attached hydrogen (secondary N) is 2. The minimum absolute atomic E-state index is 0.0484. The van der Waals surface area contributed by atoms with Gasteiger partial charge in [0.15, 0.2) is 5.43 Å². The fourth-order valence-corrected chi connectivity index (χ4v) is 3.65. The third-order valence-electron chi connectivity index (χ3n) is 5.02. The second-order valence-electron chi connectivity index (χ2n) is 7.06. The van der Waals surface area contributed by atoms with Gasteiger partial charge in [-0.05, 0) is 48.5 Å². The third-order valence-corrected chi connectivity index (χ3v) is 5.27. The Morgan fingerprint density at radius 3 is 1.94 bits per heavy atom. The number of aromatic nitrogens is 1. The molecule has 0 aliphatic carbocycles. The van der Waals surface area contributed by atoms with Crippen LogP contribution in [0.5, 0.6) is 0 Å². The molecule has 2 amide bonds. The predicted octanol–water partition coefficient (Wildman–Crippen LogP) is 3.35. The van der Waals surface area contributed by atoms with Gasteiger partial charge < -0.3 is 15.2 Å². The summed E-state index contributed by atoms with van der Waals surface area (Å²) in [6.07, 6.45) is 0. The Balaban J connectivity index is 1.44. The number of amides is 2. The van der Waals surface area contributed by atoms with Crippen LogP contribution in [0.4, 0.5) is 0 Å². The van der Waals surface area contributed by atoms with Gasteiger partial charge in [0.25, 0.3) is 5.91 Å². The Morgan fingerprint density at radius 2 is 1.32 bits per heavy atom. The highest BCUT2D eigenvalue weighted by atomic mass is 35.5. The molecule has 6 nitrogen and oxygen atoms in total. The Morgan fingerprint density at radius 1 is 0.774 bits per heavy atom. The number of halogens is 1. The van der Waals surface area contributed by atoms with Crippen molar-refractivity contribution in [1.29, 1.82) is 0 Å². The largest absolute Gasteiger partial charge is 0.353 e. The average Bonchev–Trinajstić information content (AvgIpc) is 2.80. The Hall–Kier alpha value is -3.64. The zero-order chi connectivity index (χ0) is 21.8. The number of pyridine rings is 1. The number of carbonyl (C=O) groups is 2. The summed E-state index contributed by atoms with van der Waals surface area (Å²) in [5.41, 5.74) is 1.87. The predicted molar refractivity (Wildman–Crippen MR) is 123 cm³/mol. The first-order valence-electron chi connectivity index (χ1n) is 9.85. The van der Waals surface area contributed by atoms with E-state index in [1.165, 1.54) is 0 Å². The highest BCUT2D eigenvalue weighted by Gasteiger charge is 2.12. The second-order valence-corrected chi connectivity index (χ2v) is 7.50. The second kappa shape index (κ2) is 9.02. The fraction of sp³-hybridized carbons (Fsp3) is 0.125. The lowest BCUT2D eigenvalue weighted by molar-refractivity contribution is -0.121. The molecule has 0 bridgehead atoms. The van der Waals surface area contributed by atoms with E-state index in [1.54, 1.807) is 36.4 Å². The first-order chi connectivity index (χ1) is 15.0.